The number of esters is 1. The number of fused-ring (bicyclic) bond motifs is 2. The monoisotopic (exact) mass is 459 g/mol. The van der Waals surface area contributed by atoms with Gasteiger partial charge in [0.2, 0.25) is 0 Å². The molecule has 3 aromatic carbocycles. The van der Waals surface area contributed by atoms with Gasteiger partial charge in [-0.15, -0.1) is 0 Å². The zero-order valence-corrected chi connectivity index (χ0v) is 20.0. The molecule has 6 nitrogen and oxygen atoms in total. The van der Waals surface area contributed by atoms with Crippen molar-refractivity contribution in [3.05, 3.63) is 70.8 Å². The Hall–Kier alpha value is -3.67. The highest BCUT2D eigenvalue weighted by molar-refractivity contribution is 6.37. The Bertz CT molecular complexity index is 1260. The van der Waals surface area contributed by atoms with Crippen molar-refractivity contribution < 1.29 is 23.9 Å². The normalized spacial score (nSPS) is 13.0. The average molecular weight is 460 g/mol. The fourth-order valence-corrected chi connectivity index (χ4v) is 4.52. The molecule has 34 heavy (non-hydrogen) atoms. The molecule has 176 valence electrons. The molecule has 3 aromatic rings. The highest BCUT2D eigenvalue weighted by atomic mass is 16.5. The predicted octanol–water partition coefficient (Wildman–Crippen LogP) is 5.34. The van der Waals surface area contributed by atoms with E-state index >= 15 is 0 Å². The molecule has 0 saturated heterocycles. The smallest absolute Gasteiger partial charge is 0.310 e. The number of ether oxygens (including phenoxy) is 2. The van der Waals surface area contributed by atoms with Crippen molar-refractivity contribution in [1.82, 2.24) is 0 Å². The van der Waals surface area contributed by atoms with E-state index in [1.807, 2.05) is 31.2 Å². The molecular weight excluding hydrogens is 430 g/mol. The summed E-state index contributed by atoms with van der Waals surface area (Å²) in [6, 6.07) is 14.6. The molecule has 1 aliphatic rings. The van der Waals surface area contributed by atoms with Gasteiger partial charge in [0.05, 0.1) is 36.4 Å². The van der Waals surface area contributed by atoms with Crippen LogP contribution in [0.1, 0.15) is 59.5 Å². The highest BCUT2D eigenvalue weighted by Crippen LogP contribution is 2.43. The summed E-state index contributed by atoms with van der Waals surface area (Å²) in [4.78, 5) is 40.4. The molecule has 0 bridgehead atoms. The van der Waals surface area contributed by atoms with Crippen LogP contribution in [0.3, 0.4) is 0 Å². The number of rotatable bonds is 8. The number of hydrogen-bond donors (Lipinski definition) is 0. The second-order valence-electron chi connectivity index (χ2n) is 8.73. The molecule has 0 radical (unpaired) electrons. The van der Waals surface area contributed by atoms with Crippen molar-refractivity contribution in [3.8, 4) is 5.75 Å². The lowest BCUT2D eigenvalue weighted by atomic mass is 9.89. The SMILES string of the molecule is CCOC(=O)Cc1ccc(N2C(=O)c3c(c(OCC)c4ccccc4c3CC(C)C)C2=O)cc1. The van der Waals surface area contributed by atoms with E-state index in [4.69, 9.17) is 9.47 Å². The first-order valence-corrected chi connectivity index (χ1v) is 11.7. The summed E-state index contributed by atoms with van der Waals surface area (Å²) in [5.74, 6) is -0.301. The van der Waals surface area contributed by atoms with Crippen molar-refractivity contribution >= 4 is 34.2 Å². The van der Waals surface area contributed by atoms with Crippen LogP contribution < -0.4 is 9.64 Å². The largest absolute Gasteiger partial charge is 0.492 e. The summed E-state index contributed by atoms with van der Waals surface area (Å²) in [7, 11) is 0. The van der Waals surface area contributed by atoms with Crippen molar-refractivity contribution in [2.45, 2.75) is 40.5 Å². The highest BCUT2D eigenvalue weighted by Gasteiger charge is 2.42. The van der Waals surface area contributed by atoms with Gasteiger partial charge >= 0.3 is 5.97 Å². The third-order valence-corrected chi connectivity index (χ3v) is 5.86. The molecule has 0 unspecified atom stereocenters. The van der Waals surface area contributed by atoms with Gasteiger partial charge in [0, 0.05) is 5.39 Å². The molecule has 0 fully saturated rings. The Morgan fingerprint density at radius 3 is 2.15 bits per heavy atom. The van der Waals surface area contributed by atoms with Crippen molar-refractivity contribution in [2.24, 2.45) is 5.92 Å². The lowest BCUT2D eigenvalue weighted by molar-refractivity contribution is -0.142. The average Bonchev–Trinajstić information content (AvgIpc) is 3.07. The molecule has 0 N–H and O–H groups in total. The topological polar surface area (TPSA) is 72.9 Å². The molecule has 0 saturated carbocycles. The van der Waals surface area contributed by atoms with Gasteiger partial charge in [0.15, 0.2) is 0 Å². The Labute approximate surface area is 199 Å². The zero-order valence-electron chi connectivity index (χ0n) is 20.0. The van der Waals surface area contributed by atoms with E-state index in [2.05, 4.69) is 13.8 Å². The van der Waals surface area contributed by atoms with E-state index in [1.54, 1.807) is 31.2 Å². The predicted molar refractivity (Wildman–Crippen MR) is 132 cm³/mol. The fourth-order valence-electron chi connectivity index (χ4n) is 4.52. The molecule has 1 heterocycles. The van der Waals surface area contributed by atoms with Crippen LogP contribution in [-0.2, 0) is 22.4 Å². The van der Waals surface area contributed by atoms with Crippen molar-refractivity contribution in [1.29, 1.82) is 0 Å². The van der Waals surface area contributed by atoms with Crippen LogP contribution in [0.2, 0.25) is 0 Å². The first-order valence-electron chi connectivity index (χ1n) is 11.7. The number of amides is 2. The van der Waals surface area contributed by atoms with Crippen LogP contribution >= 0.6 is 0 Å². The standard InChI is InChI=1S/C28H29NO5/c1-5-33-23(30)16-18-11-13-19(14-12-18)29-27(31)24-22(15-17(3)4)20-9-7-8-10-21(20)26(34-6-2)25(24)28(29)32/h7-14,17H,5-6,15-16H2,1-4H3. The molecule has 0 aliphatic carbocycles. The van der Waals surface area contributed by atoms with E-state index in [1.165, 1.54) is 4.90 Å². The molecule has 2 amide bonds. The summed E-state index contributed by atoms with van der Waals surface area (Å²) in [6.07, 6.45) is 0.801. The van der Waals surface area contributed by atoms with Gasteiger partial charge in [0.25, 0.3) is 11.8 Å². The molecule has 0 spiro atoms. The maximum absolute atomic E-state index is 13.7. The summed E-state index contributed by atoms with van der Waals surface area (Å²) in [6.45, 7) is 8.52. The Balaban J connectivity index is 1.82. The fraction of sp³-hybridized carbons (Fsp3) is 0.321. The summed E-state index contributed by atoms with van der Waals surface area (Å²) >= 11 is 0. The molecule has 0 atom stereocenters. The maximum Gasteiger partial charge on any atom is 0.310 e. The molecule has 0 aromatic heterocycles. The van der Waals surface area contributed by atoms with Crippen LogP contribution in [0.4, 0.5) is 5.69 Å². The Morgan fingerprint density at radius 1 is 0.882 bits per heavy atom. The van der Waals surface area contributed by atoms with Crippen LogP contribution in [0.25, 0.3) is 10.8 Å². The minimum absolute atomic E-state index is 0.134. The Morgan fingerprint density at radius 2 is 1.53 bits per heavy atom. The number of hydrogen-bond acceptors (Lipinski definition) is 5. The Kier molecular flexibility index (Phi) is 6.68. The summed E-state index contributed by atoms with van der Waals surface area (Å²) in [5, 5.41) is 1.78. The van der Waals surface area contributed by atoms with Crippen molar-refractivity contribution in [2.75, 3.05) is 18.1 Å². The van der Waals surface area contributed by atoms with E-state index < -0.39 is 5.91 Å². The molecule has 4 rings (SSSR count). The van der Waals surface area contributed by atoms with Crippen LogP contribution in [0.15, 0.2) is 48.5 Å². The van der Waals surface area contributed by atoms with Gasteiger partial charge in [-0.25, -0.2) is 4.90 Å². The first kappa shape index (κ1) is 23.5. The van der Waals surface area contributed by atoms with Gasteiger partial charge in [-0.3, -0.25) is 14.4 Å². The third-order valence-electron chi connectivity index (χ3n) is 5.86. The number of carbonyl (C=O) groups is 3. The molecule has 1 aliphatic heterocycles. The lowest BCUT2D eigenvalue weighted by Gasteiger charge is -2.17. The first-order chi connectivity index (χ1) is 16.4. The van der Waals surface area contributed by atoms with Gasteiger partial charge in [-0.05, 0) is 54.8 Å². The molecular formula is C28H29NO5. The van der Waals surface area contributed by atoms with E-state index in [-0.39, 0.29) is 18.3 Å². The number of nitrogens with zero attached hydrogens (tertiary/aromatic N) is 1. The van der Waals surface area contributed by atoms with Crippen LogP contribution in [0.5, 0.6) is 5.75 Å². The van der Waals surface area contributed by atoms with Gasteiger partial charge in [0.1, 0.15) is 5.75 Å². The lowest BCUT2D eigenvalue weighted by Crippen LogP contribution is -2.29. The van der Waals surface area contributed by atoms with Gasteiger partial charge in [-0.2, -0.15) is 0 Å². The second-order valence-corrected chi connectivity index (χ2v) is 8.73. The van der Waals surface area contributed by atoms with Crippen LogP contribution in [-0.4, -0.2) is 31.0 Å². The zero-order chi connectivity index (χ0) is 24.4. The minimum atomic E-state index is -0.391. The number of imide groups is 1. The summed E-state index contributed by atoms with van der Waals surface area (Å²) in [5.41, 5.74) is 2.85. The van der Waals surface area contributed by atoms with Gasteiger partial charge < -0.3 is 9.47 Å². The molecule has 6 heteroatoms. The van der Waals surface area contributed by atoms with Crippen molar-refractivity contribution in [3.63, 3.8) is 0 Å². The quantitative estimate of drug-likeness (QED) is 0.336. The minimum Gasteiger partial charge on any atom is -0.492 e. The summed E-state index contributed by atoms with van der Waals surface area (Å²) < 4.78 is 11.0. The van der Waals surface area contributed by atoms with E-state index in [0.717, 1.165) is 21.9 Å². The maximum atomic E-state index is 13.7. The van der Waals surface area contributed by atoms with Gasteiger partial charge in [-0.1, -0.05) is 50.2 Å². The number of carbonyl (C=O) groups excluding carboxylic acids is 3. The second kappa shape index (κ2) is 9.67. The third kappa shape index (κ3) is 4.16. The van der Waals surface area contributed by atoms with E-state index in [9.17, 15) is 14.4 Å². The van der Waals surface area contributed by atoms with E-state index in [0.29, 0.717) is 48.1 Å². The number of anilines is 1. The number of benzene rings is 3. The van der Waals surface area contributed by atoms with Crippen LogP contribution in [0, 0.1) is 5.92 Å².